The first-order chi connectivity index (χ1) is 6.11. The maximum Gasteiger partial charge on any atom is 0.276 e. The van der Waals surface area contributed by atoms with Crippen LogP contribution in [0.15, 0.2) is 6.33 Å². The van der Waals surface area contributed by atoms with Gasteiger partial charge in [0.05, 0.1) is 6.33 Å². The molecule has 1 aliphatic heterocycles. The third kappa shape index (κ3) is 0.977. The van der Waals surface area contributed by atoms with Crippen molar-refractivity contribution in [2.45, 2.75) is 6.29 Å². The number of anilines is 1. The second-order valence-electron chi connectivity index (χ2n) is 2.79. The molecule has 1 amide bonds. The summed E-state index contributed by atoms with van der Waals surface area (Å²) in [4.78, 5) is 15.1. The van der Waals surface area contributed by atoms with E-state index in [1.807, 2.05) is 0 Å². The number of hydrogen-bond acceptors (Lipinski definition) is 5. The Hall–Kier alpha value is -1.60. The molecule has 0 fully saturated rings. The third-order valence-corrected chi connectivity index (χ3v) is 1.88. The van der Waals surface area contributed by atoms with Gasteiger partial charge in [-0.05, 0) is 0 Å². The molecule has 1 aliphatic rings. The van der Waals surface area contributed by atoms with E-state index in [0.717, 1.165) is 5.06 Å². The molecule has 13 heavy (non-hydrogen) atoms. The molecule has 7 heteroatoms. The van der Waals surface area contributed by atoms with Crippen molar-refractivity contribution in [1.29, 1.82) is 0 Å². The smallest absolute Gasteiger partial charge is 0.276 e. The van der Waals surface area contributed by atoms with Gasteiger partial charge in [-0.1, -0.05) is 0 Å². The molecular formula is C6H9N5O2. The fourth-order valence-electron chi connectivity index (χ4n) is 1.25. The predicted molar refractivity (Wildman–Crippen MR) is 42.9 cm³/mol. The number of hydroxylamine groups is 1. The molecule has 0 saturated carbocycles. The average molecular weight is 183 g/mol. The third-order valence-electron chi connectivity index (χ3n) is 1.88. The van der Waals surface area contributed by atoms with Crippen LogP contribution in [0.25, 0.3) is 0 Å². The highest BCUT2D eigenvalue weighted by atomic mass is 16.5. The zero-order valence-electron chi connectivity index (χ0n) is 6.93. The molecule has 2 rings (SSSR count). The summed E-state index contributed by atoms with van der Waals surface area (Å²) in [6.07, 6.45) is 0.515. The van der Waals surface area contributed by atoms with Crippen molar-refractivity contribution < 1.29 is 10.0 Å². The minimum absolute atomic E-state index is 0.173. The van der Waals surface area contributed by atoms with Crippen LogP contribution in [-0.4, -0.2) is 27.0 Å². The van der Waals surface area contributed by atoms with Gasteiger partial charge in [-0.3, -0.25) is 15.7 Å². The number of carbonyl (C=O) groups excluding carboxylic acids is 1. The van der Waals surface area contributed by atoms with Crippen molar-refractivity contribution in [3.8, 4) is 0 Å². The maximum absolute atomic E-state index is 11.3. The minimum Gasteiger partial charge on any atom is -0.318 e. The Morgan fingerprint density at radius 2 is 2.46 bits per heavy atom. The Balaban J connectivity index is 2.56. The Bertz CT molecular complexity index is 360. The van der Waals surface area contributed by atoms with Crippen LogP contribution >= 0.6 is 0 Å². The number of nitrogens with one attached hydrogen (secondary N) is 1. The largest absolute Gasteiger partial charge is 0.318 e. The van der Waals surface area contributed by atoms with Gasteiger partial charge >= 0.3 is 0 Å². The number of fused-ring (bicyclic) bond motifs is 1. The molecular weight excluding hydrogens is 174 g/mol. The number of aromatic nitrogens is 2. The summed E-state index contributed by atoms with van der Waals surface area (Å²) >= 11 is 0. The molecule has 1 aromatic heterocycles. The van der Waals surface area contributed by atoms with E-state index in [1.165, 1.54) is 10.9 Å². The Morgan fingerprint density at radius 1 is 1.77 bits per heavy atom. The van der Waals surface area contributed by atoms with E-state index in [4.69, 9.17) is 5.73 Å². The lowest BCUT2D eigenvalue weighted by molar-refractivity contribution is 0.0867. The van der Waals surface area contributed by atoms with E-state index >= 15 is 0 Å². The summed E-state index contributed by atoms with van der Waals surface area (Å²) in [6, 6.07) is 0. The molecule has 70 valence electrons. The van der Waals surface area contributed by atoms with Gasteiger partial charge in [0.1, 0.15) is 0 Å². The SMILES string of the molecule is Cn1cnc2c1N(O)C(N)NC2=O. The fraction of sp³-hybridized carbons (Fsp3) is 0.333. The number of aryl methyl sites for hydroxylation is 1. The van der Waals surface area contributed by atoms with Gasteiger partial charge in [0.15, 0.2) is 17.8 Å². The van der Waals surface area contributed by atoms with E-state index < -0.39 is 6.29 Å². The van der Waals surface area contributed by atoms with E-state index in [-0.39, 0.29) is 11.6 Å². The monoisotopic (exact) mass is 183 g/mol. The fourth-order valence-corrected chi connectivity index (χ4v) is 1.25. The molecule has 0 bridgehead atoms. The molecule has 0 radical (unpaired) electrons. The van der Waals surface area contributed by atoms with Crippen LogP contribution < -0.4 is 16.1 Å². The first-order valence-corrected chi connectivity index (χ1v) is 3.67. The van der Waals surface area contributed by atoms with Crippen LogP contribution in [0.4, 0.5) is 5.82 Å². The molecule has 1 atom stereocenters. The Kier molecular flexibility index (Phi) is 1.51. The molecule has 4 N–H and O–H groups in total. The minimum atomic E-state index is -0.921. The lowest BCUT2D eigenvalue weighted by Gasteiger charge is -2.29. The highest BCUT2D eigenvalue weighted by Gasteiger charge is 2.31. The summed E-state index contributed by atoms with van der Waals surface area (Å²) in [5.41, 5.74) is 5.59. The zero-order chi connectivity index (χ0) is 9.59. The second-order valence-corrected chi connectivity index (χ2v) is 2.79. The molecule has 0 aromatic carbocycles. The number of carbonyl (C=O) groups is 1. The number of nitrogens with two attached hydrogens (primary N) is 1. The number of rotatable bonds is 0. The lowest BCUT2D eigenvalue weighted by Crippen LogP contribution is -2.57. The van der Waals surface area contributed by atoms with E-state index in [0.29, 0.717) is 5.82 Å². The Labute approximate surface area is 73.7 Å². The first-order valence-electron chi connectivity index (χ1n) is 3.67. The van der Waals surface area contributed by atoms with Crippen LogP contribution in [0.2, 0.25) is 0 Å². The summed E-state index contributed by atoms with van der Waals surface area (Å²) in [7, 11) is 1.67. The van der Waals surface area contributed by atoms with Crippen LogP contribution in [0, 0.1) is 0 Å². The Morgan fingerprint density at radius 3 is 3.15 bits per heavy atom. The van der Waals surface area contributed by atoms with Crippen LogP contribution in [0.5, 0.6) is 0 Å². The van der Waals surface area contributed by atoms with Crippen molar-refractivity contribution in [3.63, 3.8) is 0 Å². The highest BCUT2D eigenvalue weighted by molar-refractivity contribution is 5.98. The van der Waals surface area contributed by atoms with Crippen molar-refractivity contribution in [2.75, 3.05) is 5.06 Å². The second kappa shape index (κ2) is 2.44. The zero-order valence-corrected chi connectivity index (χ0v) is 6.93. The predicted octanol–water partition coefficient (Wildman–Crippen LogP) is -1.40. The van der Waals surface area contributed by atoms with E-state index in [2.05, 4.69) is 10.3 Å². The highest BCUT2D eigenvalue weighted by Crippen LogP contribution is 2.20. The normalized spacial score (nSPS) is 21.3. The van der Waals surface area contributed by atoms with Crippen LogP contribution in [0.3, 0.4) is 0 Å². The molecule has 0 spiro atoms. The van der Waals surface area contributed by atoms with Crippen molar-refractivity contribution in [1.82, 2.24) is 14.9 Å². The standard InChI is InChI=1S/C6H9N5O2/c1-10-2-8-3-4(12)9-6(7)11(13)5(3)10/h2,6,13H,7H2,1H3,(H,9,12). The topological polar surface area (TPSA) is 96.4 Å². The quantitative estimate of drug-likeness (QED) is 0.459. The van der Waals surface area contributed by atoms with Gasteiger partial charge in [0.2, 0.25) is 0 Å². The van der Waals surface area contributed by atoms with Gasteiger partial charge in [-0.2, -0.15) is 0 Å². The van der Waals surface area contributed by atoms with Crippen molar-refractivity contribution in [2.24, 2.45) is 12.8 Å². The number of nitrogens with zero attached hydrogens (tertiary/aromatic N) is 3. The molecule has 7 nitrogen and oxygen atoms in total. The summed E-state index contributed by atoms with van der Waals surface area (Å²) in [5, 5.41) is 12.6. The van der Waals surface area contributed by atoms with E-state index in [9.17, 15) is 10.0 Å². The summed E-state index contributed by atoms with van der Waals surface area (Å²) < 4.78 is 1.52. The van der Waals surface area contributed by atoms with Gasteiger partial charge in [0.25, 0.3) is 5.91 Å². The van der Waals surface area contributed by atoms with E-state index in [1.54, 1.807) is 7.05 Å². The lowest BCUT2D eigenvalue weighted by atomic mass is 10.3. The van der Waals surface area contributed by atoms with Crippen molar-refractivity contribution >= 4 is 11.7 Å². The van der Waals surface area contributed by atoms with Crippen LogP contribution in [0.1, 0.15) is 10.5 Å². The summed E-state index contributed by atoms with van der Waals surface area (Å²) in [5.74, 6) is -0.0790. The summed E-state index contributed by atoms with van der Waals surface area (Å²) in [6.45, 7) is 0. The molecule has 0 aliphatic carbocycles. The van der Waals surface area contributed by atoms with Gasteiger partial charge in [-0.15, -0.1) is 0 Å². The van der Waals surface area contributed by atoms with Gasteiger partial charge < -0.3 is 9.88 Å². The maximum atomic E-state index is 11.3. The molecule has 1 aromatic rings. The average Bonchev–Trinajstić information content (AvgIpc) is 2.44. The number of amides is 1. The number of imidazole rings is 1. The molecule has 2 heterocycles. The number of hydrogen-bond donors (Lipinski definition) is 3. The van der Waals surface area contributed by atoms with Gasteiger partial charge in [0, 0.05) is 7.05 Å². The first kappa shape index (κ1) is 8.02. The van der Waals surface area contributed by atoms with Crippen LogP contribution in [-0.2, 0) is 7.05 Å². The van der Waals surface area contributed by atoms with Crippen molar-refractivity contribution in [3.05, 3.63) is 12.0 Å². The molecule has 0 saturated heterocycles. The van der Waals surface area contributed by atoms with Gasteiger partial charge in [-0.25, -0.2) is 10.0 Å². The molecule has 1 unspecified atom stereocenters.